The molecule has 0 aliphatic rings. The number of nitrogens with zero attached hydrogens (tertiary/aromatic N) is 3. The van der Waals surface area contributed by atoms with Crippen LogP contribution in [0.5, 0.6) is 5.75 Å². The van der Waals surface area contributed by atoms with Crippen molar-refractivity contribution in [3.63, 3.8) is 0 Å². The lowest BCUT2D eigenvalue weighted by molar-refractivity contribution is 0.414. The van der Waals surface area contributed by atoms with Crippen molar-refractivity contribution in [1.29, 1.82) is 0 Å². The first-order valence-electron chi connectivity index (χ1n) is 8.31. The molecular weight excluding hydrogens is 312 g/mol. The molecule has 0 atom stereocenters. The highest BCUT2D eigenvalue weighted by Crippen LogP contribution is 2.20. The van der Waals surface area contributed by atoms with Gasteiger partial charge in [-0.15, -0.1) is 0 Å². The minimum Gasteiger partial charge on any atom is -0.497 e. The average molecular weight is 334 g/mol. The average Bonchev–Trinajstić information content (AvgIpc) is 2.66. The summed E-state index contributed by atoms with van der Waals surface area (Å²) < 4.78 is 5.19. The molecule has 5 nitrogen and oxygen atoms in total. The van der Waals surface area contributed by atoms with E-state index in [0.717, 1.165) is 41.5 Å². The Labute approximate surface area is 148 Å². The maximum atomic E-state index is 5.19. The molecule has 0 radical (unpaired) electrons. The summed E-state index contributed by atoms with van der Waals surface area (Å²) in [6.45, 7) is 4.83. The van der Waals surface area contributed by atoms with Crippen LogP contribution in [0.2, 0.25) is 0 Å². The molecule has 5 heteroatoms. The van der Waals surface area contributed by atoms with Gasteiger partial charge in [-0.2, -0.15) is 0 Å². The minimum absolute atomic E-state index is 0.649. The second kappa shape index (κ2) is 7.75. The van der Waals surface area contributed by atoms with E-state index in [4.69, 9.17) is 4.74 Å². The first kappa shape index (κ1) is 16.9. The van der Waals surface area contributed by atoms with Gasteiger partial charge >= 0.3 is 0 Å². The zero-order valence-electron chi connectivity index (χ0n) is 14.8. The number of hydrogen-bond acceptors (Lipinski definition) is 5. The highest BCUT2D eigenvalue weighted by molar-refractivity contribution is 5.56. The molecule has 1 aromatic carbocycles. The molecule has 0 bridgehead atoms. The minimum atomic E-state index is 0.649. The number of anilines is 1. The number of pyridine rings is 1. The number of ether oxygens (including phenoxy) is 1. The number of rotatable bonds is 6. The van der Waals surface area contributed by atoms with E-state index in [2.05, 4.69) is 32.4 Å². The summed E-state index contributed by atoms with van der Waals surface area (Å²) >= 11 is 0. The molecule has 0 saturated carbocycles. The number of aromatic nitrogens is 3. The summed E-state index contributed by atoms with van der Waals surface area (Å²) in [5.74, 6) is 2.39. The Morgan fingerprint density at radius 2 is 1.80 bits per heavy atom. The highest BCUT2D eigenvalue weighted by atomic mass is 16.5. The van der Waals surface area contributed by atoms with Gasteiger partial charge in [0.05, 0.1) is 7.11 Å². The fourth-order valence-electron chi connectivity index (χ4n) is 2.53. The lowest BCUT2D eigenvalue weighted by Gasteiger charge is -2.12. The molecular formula is C20H22N4O. The topological polar surface area (TPSA) is 59.9 Å². The van der Waals surface area contributed by atoms with Crippen molar-refractivity contribution in [2.75, 3.05) is 19.0 Å². The summed E-state index contributed by atoms with van der Waals surface area (Å²) in [5.41, 5.74) is 4.06. The van der Waals surface area contributed by atoms with Crippen molar-refractivity contribution < 1.29 is 4.74 Å². The van der Waals surface area contributed by atoms with Gasteiger partial charge in [-0.05, 0) is 50.1 Å². The molecule has 0 amide bonds. The van der Waals surface area contributed by atoms with Gasteiger partial charge in [-0.25, -0.2) is 9.97 Å². The smallest absolute Gasteiger partial charge is 0.180 e. The van der Waals surface area contributed by atoms with Crippen molar-refractivity contribution >= 4 is 5.82 Å². The molecule has 0 unspecified atom stereocenters. The summed E-state index contributed by atoms with van der Waals surface area (Å²) in [6, 6.07) is 13.9. The molecule has 0 saturated heterocycles. The quantitative estimate of drug-likeness (QED) is 0.742. The van der Waals surface area contributed by atoms with Crippen LogP contribution in [0.1, 0.15) is 16.8 Å². The molecule has 1 N–H and O–H groups in total. The van der Waals surface area contributed by atoms with E-state index in [1.807, 2.05) is 44.2 Å². The van der Waals surface area contributed by atoms with E-state index >= 15 is 0 Å². The first-order chi connectivity index (χ1) is 12.2. The maximum Gasteiger partial charge on any atom is 0.180 e. The molecule has 2 heterocycles. The van der Waals surface area contributed by atoms with Crippen molar-refractivity contribution in [2.45, 2.75) is 20.3 Å². The van der Waals surface area contributed by atoms with Gasteiger partial charge in [0.1, 0.15) is 17.3 Å². The Hall–Kier alpha value is -2.95. The molecule has 3 rings (SSSR count). The second-order valence-electron chi connectivity index (χ2n) is 5.85. The fraction of sp³-hybridized carbons (Fsp3) is 0.250. The molecule has 0 aliphatic heterocycles. The van der Waals surface area contributed by atoms with Crippen LogP contribution in [0, 0.1) is 13.8 Å². The monoisotopic (exact) mass is 334 g/mol. The fourth-order valence-corrected chi connectivity index (χ4v) is 2.53. The highest BCUT2D eigenvalue weighted by Gasteiger charge is 2.10. The Bertz CT molecular complexity index is 832. The second-order valence-corrected chi connectivity index (χ2v) is 5.85. The van der Waals surface area contributed by atoms with Gasteiger partial charge in [0.15, 0.2) is 5.82 Å². The molecule has 0 aliphatic carbocycles. The van der Waals surface area contributed by atoms with Gasteiger partial charge < -0.3 is 10.1 Å². The predicted molar refractivity (Wildman–Crippen MR) is 99.9 cm³/mol. The Morgan fingerprint density at radius 3 is 2.48 bits per heavy atom. The van der Waals surface area contributed by atoms with Gasteiger partial charge in [0.25, 0.3) is 0 Å². The van der Waals surface area contributed by atoms with Gasteiger partial charge in [0, 0.05) is 24.0 Å². The van der Waals surface area contributed by atoms with Gasteiger partial charge in [-0.1, -0.05) is 18.2 Å². The zero-order chi connectivity index (χ0) is 17.6. The number of benzene rings is 1. The van der Waals surface area contributed by atoms with Crippen molar-refractivity contribution in [3.8, 4) is 17.3 Å². The van der Waals surface area contributed by atoms with E-state index in [0.29, 0.717) is 5.82 Å². The summed E-state index contributed by atoms with van der Waals surface area (Å²) in [7, 11) is 1.68. The van der Waals surface area contributed by atoms with Crippen LogP contribution >= 0.6 is 0 Å². The van der Waals surface area contributed by atoms with Gasteiger partial charge in [-0.3, -0.25) is 4.98 Å². The van der Waals surface area contributed by atoms with E-state index in [9.17, 15) is 0 Å². The first-order valence-corrected chi connectivity index (χ1v) is 8.31. The van der Waals surface area contributed by atoms with Gasteiger partial charge in [0.2, 0.25) is 0 Å². The predicted octanol–water partition coefficient (Wildman–Crippen LogP) is 3.82. The Balaban J connectivity index is 1.72. The van der Waals surface area contributed by atoms with E-state index in [1.165, 1.54) is 5.56 Å². The van der Waals surface area contributed by atoms with Crippen LogP contribution in [0.25, 0.3) is 11.5 Å². The standard InChI is InChI=1S/C20H22N4O/c1-14-15(2)23-20(18-6-4-5-12-21-18)24-19(14)22-13-11-16-7-9-17(25-3)10-8-16/h4-10,12H,11,13H2,1-3H3,(H,22,23,24). The maximum absolute atomic E-state index is 5.19. The molecule has 0 spiro atoms. The van der Waals surface area contributed by atoms with Crippen LogP contribution in [-0.4, -0.2) is 28.6 Å². The normalized spacial score (nSPS) is 10.5. The SMILES string of the molecule is COc1ccc(CCNc2nc(-c3ccccn3)nc(C)c2C)cc1. The summed E-state index contributed by atoms with van der Waals surface area (Å²) in [4.78, 5) is 13.6. The molecule has 0 fully saturated rings. The molecule has 3 aromatic rings. The van der Waals surface area contributed by atoms with E-state index in [1.54, 1.807) is 13.3 Å². The van der Waals surface area contributed by atoms with Crippen LogP contribution < -0.4 is 10.1 Å². The largest absolute Gasteiger partial charge is 0.497 e. The zero-order valence-corrected chi connectivity index (χ0v) is 14.8. The lowest BCUT2D eigenvalue weighted by atomic mass is 10.1. The third kappa shape index (κ3) is 4.12. The number of methoxy groups -OCH3 is 1. The van der Waals surface area contributed by atoms with Crippen molar-refractivity contribution in [2.24, 2.45) is 0 Å². The van der Waals surface area contributed by atoms with Crippen molar-refractivity contribution in [1.82, 2.24) is 15.0 Å². The number of aryl methyl sites for hydroxylation is 1. The number of nitrogens with one attached hydrogen (secondary N) is 1. The number of hydrogen-bond donors (Lipinski definition) is 1. The molecule has 2 aromatic heterocycles. The van der Waals surface area contributed by atoms with E-state index < -0.39 is 0 Å². The van der Waals surface area contributed by atoms with E-state index in [-0.39, 0.29) is 0 Å². The third-order valence-electron chi connectivity index (χ3n) is 4.15. The molecule has 25 heavy (non-hydrogen) atoms. The Kier molecular flexibility index (Phi) is 5.23. The van der Waals surface area contributed by atoms with Crippen LogP contribution in [-0.2, 0) is 6.42 Å². The van der Waals surface area contributed by atoms with Crippen LogP contribution in [0.3, 0.4) is 0 Å². The lowest BCUT2D eigenvalue weighted by Crippen LogP contribution is -2.10. The van der Waals surface area contributed by atoms with Crippen molar-refractivity contribution in [3.05, 3.63) is 65.5 Å². The van der Waals surface area contributed by atoms with Crippen LogP contribution in [0.4, 0.5) is 5.82 Å². The molecule has 128 valence electrons. The summed E-state index contributed by atoms with van der Waals surface area (Å²) in [6.07, 6.45) is 2.66. The van der Waals surface area contributed by atoms with Crippen LogP contribution in [0.15, 0.2) is 48.7 Å². The third-order valence-corrected chi connectivity index (χ3v) is 4.15. The summed E-state index contributed by atoms with van der Waals surface area (Å²) in [5, 5.41) is 3.43. The Morgan fingerprint density at radius 1 is 1.00 bits per heavy atom.